The van der Waals surface area contributed by atoms with Gasteiger partial charge in [0.1, 0.15) is 17.6 Å². The second-order valence-electron chi connectivity index (χ2n) is 5.42. The molecule has 0 spiro atoms. The van der Waals surface area contributed by atoms with Crippen molar-refractivity contribution in [3.05, 3.63) is 23.8 Å². The lowest BCUT2D eigenvalue weighted by atomic mass is 10.1. The molecule has 0 aliphatic heterocycles. The predicted octanol–water partition coefficient (Wildman–Crippen LogP) is 3.41. The number of nitrogens with zero attached hydrogens (tertiary/aromatic N) is 1. The zero-order chi connectivity index (χ0) is 15.1. The highest BCUT2D eigenvalue weighted by Crippen LogP contribution is 2.28. The lowest BCUT2D eigenvalue weighted by Crippen LogP contribution is -2.18. The number of nitrogens with one attached hydrogen (secondary N) is 1. The summed E-state index contributed by atoms with van der Waals surface area (Å²) in [6.07, 6.45) is 3.74. The Morgan fingerprint density at radius 3 is 2.81 bits per heavy atom. The van der Waals surface area contributed by atoms with Crippen molar-refractivity contribution in [1.29, 1.82) is 5.26 Å². The van der Waals surface area contributed by atoms with E-state index in [2.05, 4.69) is 18.3 Å². The summed E-state index contributed by atoms with van der Waals surface area (Å²) in [6.45, 7) is 5.49. The van der Waals surface area contributed by atoms with Crippen LogP contribution in [0.5, 0.6) is 11.5 Å². The van der Waals surface area contributed by atoms with E-state index >= 15 is 0 Å². The molecule has 21 heavy (non-hydrogen) atoms. The van der Waals surface area contributed by atoms with Gasteiger partial charge in [-0.15, -0.1) is 0 Å². The first-order chi connectivity index (χ1) is 10.3. The summed E-state index contributed by atoms with van der Waals surface area (Å²) in [5.74, 6) is 1.56. The second-order valence-corrected chi connectivity index (χ2v) is 5.42. The Morgan fingerprint density at radius 1 is 1.38 bits per heavy atom. The molecular weight excluding hydrogens is 264 g/mol. The summed E-state index contributed by atoms with van der Waals surface area (Å²) in [7, 11) is 0. The Labute approximate surface area is 127 Å². The fourth-order valence-electron chi connectivity index (χ4n) is 2.00. The third-order valence-electron chi connectivity index (χ3n) is 3.45. The lowest BCUT2D eigenvalue weighted by Gasteiger charge is -2.16. The number of rotatable bonds is 9. The van der Waals surface area contributed by atoms with Gasteiger partial charge in [-0.25, -0.2) is 0 Å². The molecule has 2 rings (SSSR count). The van der Waals surface area contributed by atoms with Gasteiger partial charge in [0.25, 0.3) is 0 Å². The van der Waals surface area contributed by atoms with Gasteiger partial charge in [-0.1, -0.05) is 19.9 Å². The molecule has 1 unspecified atom stereocenters. The van der Waals surface area contributed by atoms with Crippen molar-refractivity contribution >= 4 is 0 Å². The molecule has 1 aliphatic rings. The highest BCUT2D eigenvalue weighted by atomic mass is 16.5. The number of hydrogen-bond donors (Lipinski definition) is 1. The van der Waals surface area contributed by atoms with Crippen molar-refractivity contribution in [2.45, 2.75) is 58.2 Å². The molecule has 0 radical (unpaired) electrons. The van der Waals surface area contributed by atoms with E-state index in [-0.39, 0.29) is 0 Å². The quantitative estimate of drug-likeness (QED) is 0.756. The molecule has 114 valence electrons. The first-order valence-electron chi connectivity index (χ1n) is 7.82. The Kier molecular flexibility index (Phi) is 5.89. The van der Waals surface area contributed by atoms with E-state index in [0.717, 1.165) is 30.0 Å². The summed E-state index contributed by atoms with van der Waals surface area (Å²) in [4.78, 5) is 0. The van der Waals surface area contributed by atoms with Crippen LogP contribution in [0.3, 0.4) is 0 Å². The van der Waals surface area contributed by atoms with E-state index in [1.807, 2.05) is 25.1 Å². The van der Waals surface area contributed by atoms with E-state index in [0.29, 0.717) is 19.1 Å². The third kappa shape index (κ3) is 4.95. The molecule has 1 aliphatic carbocycles. The molecule has 0 aromatic heterocycles. The van der Waals surface area contributed by atoms with Crippen molar-refractivity contribution in [3.63, 3.8) is 0 Å². The maximum Gasteiger partial charge on any atom is 0.184 e. The van der Waals surface area contributed by atoms with Crippen molar-refractivity contribution in [2.24, 2.45) is 0 Å². The van der Waals surface area contributed by atoms with Crippen LogP contribution in [0.25, 0.3) is 0 Å². The van der Waals surface area contributed by atoms with Gasteiger partial charge < -0.3 is 14.8 Å². The summed E-state index contributed by atoms with van der Waals surface area (Å²) in [5.41, 5.74) is 1.08. The standard InChI is InChI=1S/C17H24N2O2/c1-3-9-20-16-8-5-13(12-19-14-6-7-14)17(10-16)21-15(4-2)11-18/h5,8,10,14-15,19H,3-4,6-7,9,12H2,1-2H3. The Bertz CT molecular complexity index is 492. The topological polar surface area (TPSA) is 54.3 Å². The molecule has 0 saturated heterocycles. The zero-order valence-electron chi connectivity index (χ0n) is 12.9. The van der Waals surface area contributed by atoms with Gasteiger partial charge in [-0.05, 0) is 31.7 Å². The second kappa shape index (κ2) is 7.90. The van der Waals surface area contributed by atoms with Crippen LogP contribution in [0.2, 0.25) is 0 Å². The van der Waals surface area contributed by atoms with Gasteiger partial charge in [-0.3, -0.25) is 0 Å². The summed E-state index contributed by atoms with van der Waals surface area (Å²) in [5, 5.41) is 12.6. The van der Waals surface area contributed by atoms with Crippen LogP contribution in [-0.4, -0.2) is 18.8 Å². The minimum Gasteiger partial charge on any atom is -0.493 e. The van der Waals surface area contributed by atoms with E-state index in [1.165, 1.54) is 12.8 Å². The first kappa shape index (κ1) is 15.7. The van der Waals surface area contributed by atoms with Gasteiger partial charge in [0.05, 0.1) is 6.61 Å². The molecule has 0 amide bonds. The maximum absolute atomic E-state index is 9.10. The average molecular weight is 288 g/mol. The molecule has 4 heteroatoms. The zero-order valence-corrected chi connectivity index (χ0v) is 12.9. The van der Waals surface area contributed by atoms with Crippen molar-refractivity contribution < 1.29 is 9.47 Å². The Balaban J connectivity index is 2.10. The summed E-state index contributed by atoms with van der Waals surface area (Å²) < 4.78 is 11.5. The molecular formula is C17H24N2O2. The van der Waals surface area contributed by atoms with Crippen molar-refractivity contribution in [1.82, 2.24) is 5.32 Å². The highest BCUT2D eigenvalue weighted by Gasteiger charge is 2.21. The molecule has 1 fully saturated rings. The van der Waals surface area contributed by atoms with Crippen LogP contribution in [0.1, 0.15) is 45.1 Å². The lowest BCUT2D eigenvalue weighted by molar-refractivity contribution is 0.246. The van der Waals surface area contributed by atoms with Crippen LogP contribution in [0, 0.1) is 11.3 Å². The number of ether oxygens (including phenoxy) is 2. The van der Waals surface area contributed by atoms with Gasteiger partial charge in [0, 0.05) is 24.2 Å². The fraction of sp³-hybridized carbons (Fsp3) is 0.588. The van der Waals surface area contributed by atoms with Crippen LogP contribution < -0.4 is 14.8 Å². The summed E-state index contributed by atoms with van der Waals surface area (Å²) in [6, 6.07) is 8.73. The van der Waals surface area contributed by atoms with E-state index in [9.17, 15) is 0 Å². The SMILES string of the molecule is CCCOc1ccc(CNC2CC2)c(OC(C#N)CC)c1. The largest absolute Gasteiger partial charge is 0.493 e. The molecule has 1 aromatic carbocycles. The molecule has 1 atom stereocenters. The normalized spacial score (nSPS) is 15.3. The van der Waals surface area contributed by atoms with Crippen LogP contribution in [0.4, 0.5) is 0 Å². The minimum absolute atomic E-state index is 0.411. The number of nitriles is 1. The van der Waals surface area contributed by atoms with Gasteiger partial charge in [0.15, 0.2) is 6.10 Å². The molecule has 1 aromatic rings. The van der Waals surface area contributed by atoms with E-state index < -0.39 is 6.10 Å². The van der Waals surface area contributed by atoms with Gasteiger partial charge >= 0.3 is 0 Å². The molecule has 4 nitrogen and oxygen atoms in total. The smallest absolute Gasteiger partial charge is 0.184 e. The maximum atomic E-state index is 9.10. The van der Waals surface area contributed by atoms with E-state index in [4.69, 9.17) is 14.7 Å². The average Bonchev–Trinajstić information content (AvgIpc) is 3.33. The minimum atomic E-state index is -0.411. The predicted molar refractivity (Wildman–Crippen MR) is 82.4 cm³/mol. The fourth-order valence-corrected chi connectivity index (χ4v) is 2.00. The van der Waals surface area contributed by atoms with E-state index in [1.54, 1.807) is 0 Å². The molecule has 1 N–H and O–H groups in total. The Hall–Kier alpha value is -1.73. The molecule has 0 bridgehead atoms. The number of benzene rings is 1. The first-order valence-corrected chi connectivity index (χ1v) is 7.82. The van der Waals surface area contributed by atoms with Crippen LogP contribution in [0.15, 0.2) is 18.2 Å². The highest BCUT2D eigenvalue weighted by molar-refractivity contribution is 5.41. The summed E-state index contributed by atoms with van der Waals surface area (Å²) >= 11 is 0. The van der Waals surface area contributed by atoms with Crippen molar-refractivity contribution in [3.8, 4) is 17.6 Å². The van der Waals surface area contributed by atoms with Crippen LogP contribution >= 0.6 is 0 Å². The van der Waals surface area contributed by atoms with Crippen LogP contribution in [-0.2, 0) is 6.54 Å². The molecule has 1 saturated carbocycles. The van der Waals surface area contributed by atoms with Gasteiger partial charge in [0.2, 0.25) is 0 Å². The molecule has 0 heterocycles. The van der Waals surface area contributed by atoms with Crippen molar-refractivity contribution in [2.75, 3.05) is 6.61 Å². The third-order valence-corrected chi connectivity index (χ3v) is 3.45. The Morgan fingerprint density at radius 2 is 2.19 bits per heavy atom. The van der Waals surface area contributed by atoms with Gasteiger partial charge in [-0.2, -0.15) is 5.26 Å². The number of hydrogen-bond acceptors (Lipinski definition) is 4. The monoisotopic (exact) mass is 288 g/mol.